The van der Waals surface area contributed by atoms with E-state index in [-0.39, 0.29) is 25.5 Å². The third kappa shape index (κ3) is 55.2. The van der Waals surface area contributed by atoms with Crippen LogP contribution >= 0.6 is 7.82 Å². The molecule has 0 aromatic heterocycles. The number of carbonyl (C=O) groups is 2. The molecule has 0 saturated heterocycles. The summed E-state index contributed by atoms with van der Waals surface area (Å²) in [6, 6.07) is -0.890. The normalized spacial score (nSPS) is 14.6. The van der Waals surface area contributed by atoms with Crippen LogP contribution in [0.25, 0.3) is 0 Å². The van der Waals surface area contributed by atoms with Gasteiger partial charge in [-0.05, 0) is 115 Å². The number of allylic oxidation sites excluding steroid dienone is 19. The van der Waals surface area contributed by atoms with E-state index in [1.807, 2.05) is 33.3 Å². The Hall–Kier alpha value is -3.59. The molecule has 0 aliphatic carbocycles. The Morgan fingerprint density at radius 3 is 1.32 bits per heavy atom. The minimum absolute atomic E-state index is 0.0208. The number of phosphoric acid groups is 1. The third-order valence-corrected chi connectivity index (χ3v) is 13.6. The van der Waals surface area contributed by atoms with Crippen molar-refractivity contribution in [2.24, 2.45) is 0 Å². The van der Waals surface area contributed by atoms with Crippen molar-refractivity contribution in [3.63, 3.8) is 0 Å². The van der Waals surface area contributed by atoms with Crippen molar-refractivity contribution in [1.29, 1.82) is 0 Å². The average molecular weight is 1080 g/mol. The Kier molecular flexibility index (Phi) is 52.2. The van der Waals surface area contributed by atoms with E-state index in [2.05, 4.69) is 135 Å². The fourth-order valence-electron chi connectivity index (χ4n) is 7.96. The zero-order chi connectivity index (χ0) is 55.7. The number of hydrogen-bond acceptors (Lipinski definition) is 6. The predicted octanol–water partition coefficient (Wildman–Crippen LogP) is 18.7. The molecule has 0 heterocycles. The Morgan fingerprint density at radius 1 is 0.474 bits per heavy atom. The molecule has 2 N–H and O–H groups in total. The van der Waals surface area contributed by atoms with Crippen molar-refractivity contribution in [2.75, 3.05) is 40.9 Å². The van der Waals surface area contributed by atoms with E-state index in [4.69, 9.17) is 13.8 Å². The number of unbranched alkanes of at least 4 members (excludes halogenated alkanes) is 19. The number of carbonyl (C=O) groups excluding carboxylic acids is 2. The van der Waals surface area contributed by atoms with Crippen LogP contribution in [0, 0.1) is 0 Å². The topological polar surface area (TPSA) is 111 Å². The van der Waals surface area contributed by atoms with Gasteiger partial charge >= 0.3 is 13.8 Å². The van der Waals surface area contributed by atoms with E-state index < -0.39 is 25.9 Å². The number of esters is 1. The highest BCUT2D eigenvalue weighted by atomic mass is 31.2. The standard InChI is InChI=1S/C66H113N2O7P/c1-7-10-13-16-19-22-25-28-30-32-33-34-35-37-38-40-43-46-49-52-55-58-65(69)67-63(62-74-76(71,72)73-61-60-68(4,5)6)64(57-54-51-48-45-42-27-24-21-18-15-12-9-3)75-66(70)59-56-53-50-47-44-41-39-36-31-29-26-23-20-17-14-11-8-2/h11,14,19-20,22-23,28-31,33-34,37-39,41,47,50,54,57,63-64H,7-10,12-13,15-18,21,24-27,32,35-36,40,42-46,48-49,51-53,55-56,58-62H2,1-6H3,(H-,67,69,71,72)/p+1/b14-11-,22-19-,23-20-,30-28-,31-29-,34-33-,38-37-,41-39-,50-47-,57-54-. The van der Waals surface area contributed by atoms with Gasteiger partial charge in [0.1, 0.15) is 19.3 Å². The summed E-state index contributed by atoms with van der Waals surface area (Å²) in [6.07, 6.45) is 76.3. The number of quaternary nitrogens is 1. The molecule has 0 fully saturated rings. The van der Waals surface area contributed by atoms with Crippen LogP contribution in [0.4, 0.5) is 0 Å². The maximum atomic E-state index is 13.5. The number of amides is 1. The Bertz CT molecular complexity index is 1720. The number of likely N-dealkylation sites (N-methyl/N-ethyl adjacent to an activating group) is 1. The first kappa shape index (κ1) is 72.4. The largest absolute Gasteiger partial charge is 0.472 e. The Balaban J connectivity index is 5.41. The van der Waals surface area contributed by atoms with E-state index in [9.17, 15) is 19.0 Å². The highest BCUT2D eigenvalue weighted by Crippen LogP contribution is 2.43. The van der Waals surface area contributed by atoms with Gasteiger partial charge < -0.3 is 19.4 Å². The van der Waals surface area contributed by atoms with Gasteiger partial charge in [0.25, 0.3) is 0 Å². The molecule has 0 aromatic rings. The quantitative estimate of drug-likeness (QED) is 0.0205. The lowest BCUT2D eigenvalue weighted by Gasteiger charge is -2.27. The van der Waals surface area contributed by atoms with Crippen LogP contribution in [0.15, 0.2) is 122 Å². The Morgan fingerprint density at radius 2 is 0.855 bits per heavy atom. The predicted molar refractivity (Wildman–Crippen MR) is 327 cm³/mol. The molecule has 0 bridgehead atoms. The molecule has 0 rings (SSSR count). The molecule has 0 spiro atoms. The number of nitrogens with zero attached hydrogens (tertiary/aromatic N) is 1. The lowest BCUT2D eigenvalue weighted by molar-refractivity contribution is -0.870. The SMILES string of the molecule is CC/C=C\C/C=C\C/C=C\C/C=C\C/C=C\CCCC(=O)OC(/C=C\CCCCCCCCCCCC)C(COP(=O)(O)OCC[N+](C)(C)C)NC(=O)CCCCCCC/C=C\C/C=C\C/C=C\C/C=C\CCCCC. The van der Waals surface area contributed by atoms with Crippen LogP contribution in [-0.4, -0.2) is 74.3 Å². The van der Waals surface area contributed by atoms with Crippen molar-refractivity contribution < 1.29 is 37.3 Å². The summed E-state index contributed by atoms with van der Waals surface area (Å²) in [5.74, 6) is -0.603. The summed E-state index contributed by atoms with van der Waals surface area (Å²) in [5, 5.41) is 3.03. The van der Waals surface area contributed by atoms with Crippen molar-refractivity contribution in [3.05, 3.63) is 122 Å². The van der Waals surface area contributed by atoms with Crippen LogP contribution in [0.3, 0.4) is 0 Å². The van der Waals surface area contributed by atoms with E-state index in [0.29, 0.717) is 30.3 Å². The molecule has 3 unspecified atom stereocenters. The van der Waals surface area contributed by atoms with Crippen molar-refractivity contribution in [1.82, 2.24) is 5.32 Å². The fraction of sp³-hybridized carbons (Fsp3) is 0.667. The maximum Gasteiger partial charge on any atom is 0.472 e. The molecular formula is C66H114N2O7P+. The summed E-state index contributed by atoms with van der Waals surface area (Å²) in [7, 11) is 1.43. The van der Waals surface area contributed by atoms with Crippen LogP contribution in [0.1, 0.15) is 233 Å². The molecule has 0 radical (unpaired) electrons. The van der Waals surface area contributed by atoms with E-state index in [0.717, 1.165) is 109 Å². The highest BCUT2D eigenvalue weighted by Gasteiger charge is 2.30. The van der Waals surface area contributed by atoms with E-state index >= 15 is 0 Å². The minimum Gasteiger partial charge on any atom is -0.456 e. The van der Waals surface area contributed by atoms with Crippen LogP contribution < -0.4 is 5.32 Å². The lowest BCUT2D eigenvalue weighted by Crippen LogP contribution is -2.47. The number of nitrogens with one attached hydrogen (secondary N) is 1. The average Bonchev–Trinajstić information content (AvgIpc) is 3.38. The molecule has 10 heteroatoms. The van der Waals surface area contributed by atoms with Crippen LogP contribution in [0.5, 0.6) is 0 Å². The highest BCUT2D eigenvalue weighted by molar-refractivity contribution is 7.47. The minimum atomic E-state index is -4.47. The molecular weight excluding hydrogens is 964 g/mol. The van der Waals surface area contributed by atoms with Crippen molar-refractivity contribution >= 4 is 19.7 Å². The smallest absolute Gasteiger partial charge is 0.456 e. The first-order chi connectivity index (χ1) is 36.9. The summed E-state index contributed by atoms with van der Waals surface area (Å²) in [4.78, 5) is 37.7. The van der Waals surface area contributed by atoms with Gasteiger partial charge in [-0.2, -0.15) is 0 Å². The summed E-state index contributed by atoms with van der Waals surface area (Å²) in [5.41, 5.74) is 0. The summed E-state index contributed by atoms with van der Waals surface area (Å²) in [6.45, 7) is 6.80. The van der Waals surface area contributed by atoms with E-state index in [1.165, 1.54) is 77.0 Å². The second-order valence-electron chi connectivity index (χ2n) is 21.1. The molecule has 0 aromatic carbocycles. The zero-order valence-electron chi connectivity index (χ0n) is 49.4. The molecule has 0 aliphatic heterocycles. The van der Waals surface area contributed by atoms with Crippen LogP contribution in [-0.2, 0) is 27.9 Å². The molecule has 1 amide bonds. The van der Waals surface area contributed by atoms with Gasteiger partial charge in [-0.15, -0.1) is 0 Å². The maximum absolute atomic E-state index is 13.5. The fourth-order valence-corrected chi connectivity index (χ4v) is 8.69. The van der Waals surface area contributed by atoms with E-state index in [1.54, 1.807) is 0 Å². The van der Waals surface area contributed by atoms with Gasteiger partial charge in [-0.25, -0.2) is 4.57 Å². The molecule has 9 nitrogen and oxygen atoms in total. The molecule has 0 saturated carbocycles. The van der Waals surface area contributed by atoms with Crippen molar-refractivity contribution in [2.45, 2.75) is 245 Å². The number of phosphoric ester groups is 1. The van der Waals surface area contributed by atoms with Gasteiger partial charge in [0.15, 0.2) is 0 Å². The van der Waals surface area contributed by atoms with Gasteiger partial charge in [0, 0.05) is 12.8 Å². The zero-order valence-corrected chi connectivity index (χ0v) is 50.3. The monoisotopic (exact) mass is 1080 g/mol. The first-order valence-corrected chi connectivity index (χ1v) is 31.9. The second-order valence-corrected chi connectivity index (χ2v) is 22.6. The second kappa shape index (κ2) is 54.8. The number of rotatable bonds is 53. The number of ether oxygens (including phenoxy) is 1. The van der Waals surface area contributed by atoms with Gasteiger partial charge in [0.05, 0.1) is 33.8 Å². The molecule has 76 heavy (non-hydrogen) atoms. The summed E-state index contributed by atoms with van der Waals surface area (Å²) >= 11 is 0. The van der Waals surface area contributed by atoms with Gasteiger partial charge in [-0.1, -0.05) is 226 Å². The first-order valence-electron chi connectivity index (χ1n) is 30.4. The molecule has 3 atom stereocenters. The van der Waals surface area contributed by atoms with Crippen LogP contribution in [0.2, 0.25) is 0 Å². The Labute approximate surface area is 467 Å². The lowest BCUT2D eigenvalue weighted by atomic mass is 10.0. The van der Waals surface area contributed by atoms with Gasteiger partial charge in [-0.3, -0.25) is 18.6 Å². The van der Waals surface area contributed by atoms with Gasteiger partial charge in [0.2, 0.25) is 5.91 Å². The third-order valence-electron chi connectivity index (χ3n) is 12.6. The number of hydrogen-bond donors (Lipinski definition) is 2. The van der Waals surface area contributed by atoms with Crippen molar-refractivity contribution in [3.8, 4) is 0 Å². The summed E-state index contributed by atoms with van der Waals surface area (Å²) < 4.78 is 30.6. The molecule has 0 aliphatic rings. The molecule has 434 valence electrons.